The molecule has 0 heterocycles. The average Bonchev–Trinajstić information content (AvgIpc) is 2.78. The van der Waals surface area contributed by atoms with Crippen LogP contribution in [0.2, 0.25) is 0 Å². The van der Waals surface area contributed by atoms with E-state index in [0.29, 0.717) is 17.9 Å². The zero-order valence-corrected chi connectivity index (χ0v) is 19.5. The molecule has 3 rings (SSSR count). The van der Waals surface area contributed by atoms with Crippen LogP contribution in [0.25, 0.3) is 0 Å². The van der Waals surface area contributed by atoms with Crippen molar-refractivity contribution in [3.05, 3.63) is 28.8 Å². The lowest BCUT2D eigenvalue weighted by molar-refractivity contribution is 0.156. The van der Waals surface area contributed by atoms with Crippen molar-refractivity contribution in [1.29, 1.82) is 0 Å². The zero-order chi connectivity index (χ0) is 21.5. The molecule has 1 aromatic rings. The van der Waals surface area contributed by atoms with E-state index in [4.69, 9.17) is 4.74 Å². The summed E-state index contributed by atoms with van der Waals surface area (Å²) >= 11 is 0. The molecule has 2 aliphatic carbocycles. The van der Waals surface area contributed by atoms with Crippen LogP contribution in [0.15, 0.2) is 6.07 Å². The van der Waals surface area contributed by atoms with Crippen molar-refractivity contribution in [3.8, 4) is 5.75 Å². The minimum Gasteiger partial charge on any atom is -0.494 e. The number of hydrogen-bond donors (Lipinski definition) is 0. The van der Waals surface area contributed by atoms with Crippen molar-refractivity contribution in [2.24, 2.45) is 17.8 Å². The summed E-state index contributed by atoms with van der Waals surface area (Å²) in [6, 6.07) is 1.81. The second kappa shape index (κ2) is 11.5. The molecule has 0 aromatic heterocycles. The molecule has 0 unspecified atom stereocenters. The number of ether oxygens (including phenoxy) is 1. The number of methoxy groups -OCH3 is 1. The summed E-state index contributed by atoms with van der Waals surface area (Å²) in [6.45, 7) is 4.44. The molecule has 3 heteroatoms. The van der Waals surface area contributed by atoms with Crippen LogP contribution in [0, 0.1) is 29.4 Å². The van der Waals surface area contributed by atoms with Crippen molar-refractivity contribution in [2.45, 2.75) is 110 Å². The third kappa shape index (κ3) is 5.56. The van der Waals surface area contributed by atoms with Crippen LogP contribution in [0.1, 0.15) is 114 Å². The summed E-state index contributed by atoms with van der Waals surface area (Å²) in [5.41, 5.74) is 1.64. The zero-order valence-electron chi connectivity index (χ0n) is 19.5. The average molecular weight is 421 g/mol. The van der Waals surface area contributed by atoms with Crippen molar-refractivity contribution in [1.82, 2.24) is 0 Å². The van der Waals surface area contributed by atoms with Crippen LogP contribution in [0.3, 0.4) is 0 Å². The first-order valence-corrected chi connectivity index (χ1v) is 12.6. The Labute approximate surface area is 183 Å². The molecule has 0 aliphatic heterocycles. The monoisotopic (exact) mass is 420 g/mol. The predicted molar refractivity (Wildman–Crippen MR) is 121 cm³/mol. The molecule has 0 radical (unpaired) electrons. The normalized spacial score (nSPS) is 27.2. The molecule has 2 saturated carbocycles. The molecule has 0 amide bonds. The minimum absolute atomic E-state index is 0.0677. The van der Waals surface area contributed by atoms with Gasteiger partial charge in [0.1, 0.15) is 0 Å². The standard InChI is InChI=1S/C27H42F2O/c1-4-6-7-9-23-24(18-25(30-3)27(29)26(23)28)22-16-14-21(15-17-22)20-12-10-19(8-5-2)11-13-20/h18-22H,4-17H2,1-3H3. The van der Waals surface area contributed by atoms with Gasteiger partial charge in [-0.05, 0) is 92.2 Å². The molecule has 0 N–H and O–H groups in total. The second-order valence-corrected chi connectivity index (χ2v) is 9.91. The fourth-order valence-electron chi connectivity index (χ4n) is 6.24. The molecular formula is C27H42F2O. The lowest BCUT2D eigenvalue weighted by Crippen LogP contribution is -2.25. The van der Waals surface area contributed by atoms with E-state index in [0.717, 1.165) is 55.4 Å². The third-order valence-corrected chi connectivity index (χ3v) is 8.03. The summed E-state index contributed by atoms with van der Waals surface area (Å²) < 4.78 is 34.5. The van der Waals surface area contributed by atoms with Crippen molar-refractivity contribution >= 4 is 0 Å². The van der Waals surface area contributed by atoms with Gasteiger partial charge in [-0.15, -0.1) is 0 Å². The van der Waals surface area contributed by atoms with E-state index >= 15 is 0 Å². The summed E-state index contributed by atoms with van der Waals surface area (Å²) in [5.74, 6) is 1.61. The number of unbranched alkanes of at least 4 members (excludes halogenated alkanes) is 2. The highest BCUT2D eigenvalue weighted by molar-refractivity contribution is 5.41. The summed E-state index contributed by atoms with van der Waals surface area (Å²) in [5, 5.41) is 0. The van der Waals surface area contributed by atoms with Crippen LogP contribution in [0.5, 0.6) is 5.75 Å². The highest BCUT2D eigenvalue weighted by Gasteiger charge is 2.33. The molecule has 170 valence electrons. The van der Waals surface area contributed by atoms with Gasteiger partial charge in [-0.1, -0.05) is 52.4 Å². The predicted octanol–water partition coefficient (Wildman–Crippen LogP) is 8.59. The minimum atomic E-state index is -0.815. The Morgan fingerprint density at radius 1 is 0.833 bits per heavy atom. The van der Waals surface area contributed by atoms with Gasteiger partial charge in [0.2, 0.25) is 5.82 Å². The van der Waals surface area contributed by atoms with E-state index in [9.17, 15) is 8.78 Å². The van der Waals surface area contributed by atoms with Gasteiger partial charge >= 0.3 is 0 Å². The maximum Gasteiger partial charge on any atom is 0.200 e. The van der Waals surface area contributed by atoms with Gasteiger partial charge in [0.05, 0.1) is 7.11 Å². The van der Waals surface area contributed by atoms with E-state index in [1.165, 1.54) is 58.5 Å². The van der Waals surface area contributed by atoms with Crippen LogP contribution in [-0.2, 0) is 6.42 Å². The maximum atomic E-state index is 14.9. The van der Waals surface area contributed by atoms with Gasteiger partial charge in [-0.25, -0.2) is 4.39 Å². The van der Waals surface area contributed by atoms with E-state index in [2.05, 4.69) is 13.8 Å². The first-order valence-electron chi connectivity index (χ1n) is 12.6. The third-order valence-electron chi connectivity index (χ3n) is 8.03. The summed E-state index contributed by atoms with van der Waals surface area (Å²) in [6.07, 6.45) is 16.7. The van der Waals surface area contributed by atoms with Crippen molar-refractivity contribution in [2.75, 3.05) is 7.11 Å². The first kappa shape index (κ1) is 23.5. The first-order chi connectivity index (χ1) is 14.6. The van der Waals surface area contributed by atoms with Crippen molar-refractivity contribution in [3.63, 3.8) is 0 Å². The van der Waals surface area contributed by atoms with E-state index in [-0.39, 0.29) is 5.75 Å². The molecule has 0 saturated heterocycles. The van der Waals surface area contributed by atoms with E-state index < -0.39 is 11.6 Å². The van der Waals surface area contributed by atoms with Crippen LogP contribution in [0.4, 0.5) is 8.78 Å². The topological polar surface area (TPSA) is 9.23 Å². The lowest BCUT2D eigenvalue weighted by atomic mass is 9.67. The van der Waals surface area contributed by atoms with Gasteiger partial charge in [0.15, 0.2) is 11.6 Å². The molecule has 30 heavy (non-hydrogen) atoms. The van der Waals surface area contributed by atoms with Gasteiger partial charge in [0, 0.05) is 0 Å². The quantitative estimate of drug-likeness (QED) is 0.363. The number of benzene rings is 1. The smallest absolute Gasteiger partial charge is 0.200 e. The molecule has 1 nitrogen and oxygen atoms in total. The highest BCUT2D eigenvalue weighted by Crippen LogP contribution is 2.46. The maximum absolute atomic E-state index is 14.9. The Hall–Kier alpha value is -1.12. The van der Waals surface area contributed by atoms with Gasteiger partial charge in [-0.2, -0.15) is 4.39 Å². The SMILES string of the molecule is CCCCCc1c(C2CCC(C3CCC(CCC)CC3)CC2)cc(OC)c(F)c1F. The molecule has 0 spiro atoms. The molecule has 2 aliphatic rings. The lowest BCUT2D eigenvalue weighted by Gasteiger charge is -2.38. The molecule has 0 atom stereocenters. The van der Waals surface area contributed by atoms with Crippen LogP contribution < -0.4 is 4.74 Å². The fourth-order valence-corrected chi connectivity index (χ4v) is 6.24. The Morgan fingerprint density at radius 2 is 1.47 bits per heavy atom. The number of halogens is 2. The second-order valence-electron chi connectivity index (χ2n) is 9.91. The molecule has 2 fully saturated rings. The summed E-state index contributed by atoms with van der Waals surface area (Å²) in [4.78, 5) is 0. The van der Waals surface area contributed by atoms with Crippen LogP contribution >= 0.6 is 0 Å². The van der Waals surface area contributed by atoms with E-state index in [1.54, 1.807) is 6.07 Å². The number of rotatable bonds is 9. The van der Waals surface area contributed by atoms with Gasteiger partial charge < -0.3 is 4.74 Å². The largest absolute Gasteiger partial charge is 0.494 e. The van der Waals surface area contributed by atoms with Gasteiger partial charge in [0.25, 0.3) is 0 Å². The summed E-state index contributed by atoms with van der Waals surface area (Å²) in [7, 11) is 1.43. The Kier molecular flexibility index (Phi) is 9.01. The molecule has 0 bridgehead atoms. The molecule has 1 aromatic carbocycles. The highest BCUT2D eigenvalue weighted by atomic mass is 19.2. The Bertz CT molecular complexity index is 655. The Balaban J connectivity index is 1.66. The van der Waals surface area contributed by atoms with Gasteiger partial charge in [-0.3, -0.25) is 0 Å². The fraction of sp³-hybridized carbons (Fsp3) is 0.778. The van der Waals surface area contributed by atoms with E-state index in [1.807, 2.05) is 0 Å². The van der Waals surface area contributed by atoms with Crippen molar-refractivity contribution < 1.29 is 13.5 Å². The Morgan fingerprint density at radius 3 is 2.03 bits per heavy atom. The molecular weight excluding hydrogens is 378 g/mol. The van der Waals surface area contributed by atoms with Crippen LogP contribution in [-0.4, -0.2) is 7.11 Å². The number of hydrogen-bond acceptors (Lipinski definition) is 1.